The Morgan fingerprint density at radius 1 is 1.18 bits per heavy atom. The fraction of sp³-hybridized carbons (Fsp3) is 0.571. The van der Waals surface area contributed by atoms with Gasteiger partial charge in [0.25, 0.3) is 5.56 Å². The van der Waals surface area contributed by atoms with Crippen molar-refractivity contribution in [2.24, 2.45) is 0 Å². The molecule has 0 bridgehead atoms. The maximum absolute atomic E-state index is 13.0. The molecule has 1 heterocycles. The molecule has 2 atom stereocenters. The number of hydrogen-bond acceptors (Lipinski definition) is 4. The molecule has 0 spiro atoms. The van der Waals surface area contributed by atoms with Crippen molar-refractivity contribution in [2.45, 2.75) is 77.7 Å². The number of carbonyl (C=O) groups excluding carboxylic acids is 1. The van der Waals surface area contributed by atoms with Crippen LogP contribution in [0.15, 0.2) is 28.2 Å². The quantitative estimate of drug-likeness (QED) is 0.435. The largest absolute Gasteiger partial charge is 0.337 e. The second kappa shape index (κ2) is 9.79. The van der Waals surface area contributed by atoms with Gasteiger partial charge in [-0.25, -0.2) is 4.98 Å². The molecule has 0 unspecified atom stereocenters. The summed E-state index contributed by atoms with van der Waals surface area (Å²) in [4.78, 5) is 32.5. The van der Waals surface area contributed by atoms with Crippen LogP contribution in [0.25, 0.3) is 10.9 Å². The smallest absolute Gasteiger partial charge is 0.262 e. The van der Waals surface area contributed by atoms with E-state index in [1.807, 2.05) is 18.7 Å². The molecule has 5 nitrogen and oxygen atoms in total. The number of thioether (sulfide) groups is 1. The van der Waals surface area contributed by atoms with Crippen LogP contribution in [-0.4, -0.2) is 38.2 Å². The summed E-state index contributed by atoms with van der Waals surface area (Å²) in [5.74, 6) is 0.323. The summed E-state index contributed by atoms with van der Waals surface area (Å²) in [6.07, 6.45) is 1.81. The standard InChI is InChI=1S/C21H30ClN3O2S/c1-7-14(5)25(15(6)8-2)19(26)12-28-21-23-18-11-16(22)9-10-17(18)20(27)24(21)13(3)4/h9-11,13-15H,7-8,12H2,1-6H3/t14-,15-/m0/s1. The molecule has 0 saturated heterocycles. The molecule has 0 saturated carbocycles. The first-order valence-electron chi connectivity index (χ1n) is 9.86. The minimum Gasteiger partial charge on any atom is -0.337 e. The van der Waals surface area contributed by atoms with Crippen LogP contribution in [-0.2, 0) is 4.79 Å². The van der Waals surface area contributed by atoms with Crippen molar-refractivity contribution in [3.05, 3.63) is 33.6 Å². The molecular weight excluding hydrogens is 394 g/mol. The highest BCUT2D eigenvalue weighted by Gasteiger charge is 2.24. The number of rotatable bonds is 8. The normalized spacial score (nSPS) is 13.7. The minimum atomic E-state index is -0.104. The zero-order valence-electron chi connectivity index (χ0n) is 17.5. The second-order valence-corrected chi connectivity index (χ2v) is 8.81. The van der Waals surface area contributed by atoms with Gasteiger partial charge in [0.05, 0.1) is 16.7 Å². The van der Waals surface area contributed by atoms with E-state index in [1.165, 1.54) is 11.8 Å². The van der Waals surface area contributed by atoms with E-state index >= 15 is 0 Å². The van der Waals surface area contributed by atoms with Gasteiger partial charge in [-0.15, -0.1) is 0 Å². The summed E-state index contributed by atoms with van der Waals surface area (Å²) < 4.78 is 1.66. The van der Waals surface area contributed by atoms with Gasteiger partial charge in [0.2, 0.25) is 5.91 Å². The third-order valence-corrected chi connectivity index (χ3v) is 6.26. The van der Waals surface area contributed by atoms with E-state index in [4.69, 9.17) is 11.6 Å². The SMILES string of the molecule is CC[C@H](C)N(C(=O)CSc1nc2cc(Cl)ccc2c(=O)n1C(C)C)[C@@H](C)CC. The molecule has 7 heteroatoms. The van der Waals surface area contributed by atoms with E-state index < -0.39 is 0 Å². The molecule has 2 rings (SSSR count). The molecule has 1 aromatic carbocycles. The van der Waals surface area contributed by atoms with E-state index in [-0.39, 0.29) is 35.3 Å². The Morgan fingerprint density at radius 2 is 1.79 bits per heavy atom. The van der Waals surface area contributed by atoms with Crippen LogP contribution in [0.1, 0.15) is 60.4 Å². The fourth-order valence-corrected chi connectivity index (χ4v) is 4.39. The maximum Gasteiger partial charge on any atom is 0.262 e. The lowest BCUT2D eigenvalue weighted by Gasteiger charge is -2.34. The first-order chi connectivity index (χ1) is 13.2. The van der Waals surface area contributed by atoms with E-state index in [2.05, 4.69) is 32.7 Å². The van der Waals surface area contributed by atoms with Gasteiger partial charge in [0.1, 0.15) is 0 Å². The molecule has 0 aliphatic heterocycles. The lowest BCUT2D eigenvalue weighted by molar-refractivity contribution is -0.132. The summed E-state index contributed by atoms with van der Waals surface area (Å²) in [5, 5.41) is 1.62. The number of amides is 1. The zero-order chi connectivity index (χ0) is 21.0. The highest BCUT2D eigenvalue weighted by molar-refractivity contribution is 7.99. The number of nitrogens with zero attached hydrogens (tertiary/aromatic N) is 3. The van der Waals surface area contributed by atoms with E-state index in [0.717, 1.165) is 12.8 Å². The van der Waals surface area contributed by atoms with Crippen molar-refractivity contribution in [3.8, 4) is 0 Å². The van der Waals surface area contributed by atoms with Crippen LogP contribution >= 0.6 is 23.4 Å². The third kappa shape index (κ3) is 4.90. The first kappa shape index (κ1) is 22.8. The third-order valence-electron chi connectivity index (χ3n) is 5.09. The molecule has 0 aliphatic carbocycles. The summed E-state index contributed by atoms with van der Waals surface area (Å²) in [6, 6.07) is 5.40. The Bertz CT molecular complexity index is 887. The lowest BCUT2D eigenvalue weighted by atomic mass is 10.1. The van der Waals surface area contributed by atoms with Gasteiger partial charge in [-0.3, -0.25) is 14.2 Å². The van der Waals surface area contributed by atoms with Crippen molar-refractivity contribution in [1.82, 2.24) is 14.5 Å². The van der Waals surface area contributed by atoms with Gasteiger partial charge >= 0.3 is 0 Å². The predicted octanol–water partition coefficient (Wildman–Crippen LogP) is 5.15. The van der Waals surface area contributed by atoms with Crippen molar-refractivity contribution in [2.75, 3.05) is 5.75 Å². The van der Waals surface area contributed by atoms with E-state index in [1.54, 1.807) is 22.8 Å². The van der Waals surface area contributed by atoms with Crippen molar-refractivity contribution in [1.29, 1.82) is 0 Å². The van der Waals surface area contributed by atoms with Gasteiger partial charge in [-0.2, -0.15) is 0 Å². The molecular formula is C21H30ClN3O2S. The van der Waals surface area contributed by atoms with Crippen LogP contribution < -0.4 is 5.56 Å². The number of fused-ring (bicyclic) bond motifs is 1. The molecule has 1 aromatic heterocycles. The summed E-state index contributed by atoms with van der Waals surface area (Å²) in [6.45, 7) is 12.2. The first-order valence-corrected chi connectivity index (χ1v) is 11.2. The van der Waals surface area contributed by atoms with Crippen LogP contribution in [0, 0.1) is 0 Å². The Kier molecular flexibility index (Phi) is 7.96. The van der Waals surface area contributed by atoms with Gasteiger partial charge < -0.3 is 4.90 Å². The van der Waals surface area contributed by atoms with Crippen molar-refractivity contribution >= 4 is 40.2 Å². The molecule has 1 amide bonds. The molecule has 0 N–H and O–H groups in total. The monoisotopic (exact) mass is 423 g/mol. The molecule has 0 fully saturated rings. The Hall–Kier alpha value is -1.53. The maximum atomic E-state index is 13.0. The van der Waals surface area contributed by atoms with Crippen LogP contribution in [0.3, 0.4) is 0 Å². The average molecular weight is 424 g/mol. The lowest BCUT2D eigenvalue weighted by Crippen LogP contribution is -2.45. The predicted molar refractivity (Wildman–Crippen MR) is 118 cm³/mol. The number of carbonyl (C=O) groups is 1. The highest BCUT2D eigenvalue weighted by Crippen LogP contribution is 2.24. The van der Waals surface area contributed by atoms with Crippen LogP contribution in [0.2, 0.25) is 5.02 Å². The molecule has 154 valence electrons. The highest BCUT2D eigenvalue weighted by atomic mass is 35.5. The van der Waals surface area contributed by atoms with E-state index in [9.17, 15) is 9.59 Å². The summed E-state index contributed by atoms with van der Waals surface area (Å²) in [5.41, 5.74) is 0.456. The van der Waals surface area contributed by atoms with Crippen molar-refractivity contribution < 1.29 is 4.79 Å². The van der Waals surface area contributed by atoms with E-state index in [0.29, 0.717) is 21.1 Å². The number of aromatic nitrogens is 2. The number of benzene rings is 1. The summed E-state index contributed by atoms with van der Waals surface area (Å²) in [7, 11) is 0. The average Bonchev–Trinajstić information content (AvgIpc) is 2.65. The molecule has 0 aliphatic rings. The van der Waals surface area contributed by atoms with Gasteiger partial charge in [0.15, 0.2) is 5.16 Å². The van der Waals surface area contributed by atoms with Crippen molar-refractivity contribution in [3.63, 3.8) is 0 Å². The Morgan fingerprint density at radius 3 is 2.32 bits per heavy atom. The molecule has 2 aromatic rings. The van der Waals surface area contributed by atoms with Gasteiger partial charge in [-0.1, -0.05) is 37.2 Å². The fourth-order valence-electron chi connectivity index (χ4n) is 3.23. The molecule has 0 radical (unpaired) electrons. The Balaban J connectivity index is 2.38. The second-order valence-electron chi connectivity index (χ2n) is 7.43. The number of hydrogen-bond donors (Lipinski definition) is 0. The zero-order valence-corrected chi connectivity index (χ0v) is 19.1. The Labute approximate surface area is 176 Å². The molecule has 28 heavy (non-hydrogen) atoms. The summed E-state index contributed by atoms with van der Waals surface area (Å²) >= 11 is 7.40. The van der Waals surface area contributed by atoms with Crippen LogP contribution in [0.4, 0.5) is 0 Å². The van der Waals surface area contributed by atoms with Gasteiger partial charge in [0, 0.05) is 23.1 Å². The number of halogens is 1. The topological polar surface area (TPSA) is 55.2 Å². The minimum absolute atomic E-state index is 0.0575. The van der Waals surface area contributed by atoms with Crippen LogP contribution in [0.5, 0.6) is 0 Å². The van der Waals surface area contributed by atoms with Gasteiger partial charge in [-0.05, 0) is 58.7 Å².